The van der Waals surface area contributed by atoms with Gasteiger partial charge in [0.25, 0.3) is 5.09 Å². The van der Waals surface area contributed by atoms with Gasteiger partial charge >= 0.3 is 0 Å². The van der Waals surface area contributed by atoms with E-state index in [1.54, 1.807) is 0 Å². The molecule has 0 spiro atoms. The third-order valence-electron chi connectivity index (χ3n) is 0. The van der Waals surface area contributed by atoms with Crippen LogP contribution in [0.25, 0.3) is 0 Å². The van der Waals surface area contributed by atoms with Crippen molar-refractivity contribution in [3.8, 4) is 0 Å². The van der Waals surface area contributed by atoms with Crippen LogP contribution in [0.15, 0.2) is 0 Å². The fourth-order valence-corrected chi connectivity index (χ4v) is 0. The van der Waals surface area contributed by atoms with Crippen LogP contribution in [-0.4, -0.2) is 10.3 Å². The maximum atomic E-state index is 8.36. The minimum absolute atomic E-state index is 0. The van der Waals surface area contributed by atoms with Gasteiger partial charge in [0.15, 0.2) is 0 Å². The summed E-state index contributed by atoms with van der Waals surface area (Å²) in [5.74, 6) is 0. The molecule has 0 aromatic carbocycles. The SMILES string of the molecule is N.O=[N+]([O-])O.[Ag]. The number of hydrogen-bond acceptors (Lipinski definition) is 3. The van der Waals surface area contributed by atoms with Crippen LogP contribution in [-0.2, 0) is 22.4 Å². The molecular weight excluding hydrogens is 184 g/mol. The Labute approximate surface area is 49.5 Å². The number of hydrogen-bond donors (Lipinski definition) is 2. The van der Waals surface area contributed by atoms with Crippen molar-refractivity contribution < 1.29 is 32.7 Å². The normalized spacial score (nSPS) is 4.00. The molecule has 0 unspecified atom stereocenters. The van der Waals surface area contributed by atoms with Crippen LogP contribution in [0.1, 0.15) is 0 Å². The molecular formula is H4AgN2O3. The average Bonchev–Trinajstić information content (AvgIpc) is 0.811. The summed E-state index contributed by atoms with van der Waals surface area (Å²) in [6.45, 7) is 0. The Morgan fingerprint density at radius 3 is 1.67 bits per heavy atom. The maximum Gasteiger partial charge on any atom is 0.291 e. The molecule has 1 radical (unpaired) electrons. The molecule has 0 atom stereocenters. The second-order valence-corrected chi connectivity index (χ2v) is 0.238. The zero-order valence-corrected chi connectivity index (χ0v) is 4.20. The molecule has 0 rings (SSSR count). The standard InChI is InChI=1S/Ag.HNO3.H3N/c;2-1(3)4;/h;(H,2,3,4);1H3. The van der Waals surface area contributed by atoms with Gasteiger partial charge < -0.3 is 11.4 Å². The van der Waals surface area contributed by atoms with Crippen molar-refractivity contribution in [3.63, 3.8) is 0 Å². The molecule has 43 valence electrons. The van der Waals surface area contributed by atoms with Gasteiger partial charge in [0.05, 0.1) is 0 Å². The molecule has 0 saturated heterocycles. The van der Waals surface area contributed by atoms with Crippen molar-refractivity contribution in [2.75, 3.05) is 0 Å². The third-order valence-corrected chi connectivity index (χ3v) is 0. The van der Waals surface area contributed by atoms with E-state index in [0.29, 0.717) is 0 Å². The third kappa shape index (κ3) is 3300. The van der Waals surface area contributed by atoms with E-state index in [1.165, 1.54) is 0 Å². The molecule has 0 saturated carbocycles. The van der Waals surface area contributed by atoms with Crippen LogP contribution >= 0.6 is 0 Å². The zero-order chi connectivity index (χ0) is 3.58. The second kappa shape index (κ2) is 8.86. The van der Waals surface area contributed by atoms with E-state index in [9.17, 15) is 0 Å². The Kier molecular flexibility index (Phi) is 24.9. The maximum absolute atomic E-state index is 8.36. The first-order valence-electron chi connectivity index (χ1n) is 0.565. The van der Waals surface area contributed by atoms with E-state index in [1.807, 2.05) is 0 Å². The summed E-state index contributed by atoms with van der Waals surface area (Å²) < 4.78 is 0. The van der Waals surface area contributed by atoms with Crippen LogP contribution in [0, 0.1) is 10.1 Å². The van der Waals surface area contributed by atoms with Gasteiger partial charge in [0.2, 0.25) is 0 Å². The molecule has 0 aliphatic carbocycles. The van der Waals surface area contributed by atoms with E-state index >= 15 is 0 Å². The van der Waals surface area contributed by atoms with Crippen LogP contribution in [0.5, 0.6) is 0 Å². The van der Waals surface area contributed by atoms with Gasteiger partial charge in [-0.25, -0.2) is 0 Å². The first kappa shape index (κ1) is 16.8. The van der Waals surface area contributed by atoms with E-state index in [-0.39, 0.29) is 28.5 Å². The molecule has 5 nitrogen and oxygen atoms in total. The Morgan fingerprint density at radius 2 is 1.67 bits per heavy atom. The van der Waals surface area contributed by atoms with E-state index in [0.717, 1.165) is 0 Å². The van der Waals surface area contributed by atoms with Gasteiger partial charge in [-0.1, -0.05) is 0 Å². The molecule has 0 aromatic heterocycles. The Bertz CT molecular complexity index is 31.8. The van der Waals surface area contributed by atoms with Gasteiger partial charge in [0.1, 0.15) is 0 Å². The van der Waals surface area contributed by atoms with Gasteiger partial charge in [-0.05, 0) is 0 Å². The predicted octanol–water partition coefficient (Wildman–Crippen LogP) is -0.188. The van der Waals surface area contributed by atoms with Gasteiger partial charge in [-0.2, -0.15) is 0 Å². The molecule has 0 heterocycles. The Hall–Kier alpha value is -0.0997. The number of nitrogens with zero attached hydrogens (tertiary/aromatic N) is 1. The molecule has 0 bridgehead atoms. The first-order valence-corrected chi connectivity index (χ1v) is 0.565. The van der Waals surface area contributed by atoms with Crippen molar-refractivity contribution in [1.82, 2.24) is 6.15 Å². The Morgan fingerprint density at radius 1 is 1.67 bits per heavy atom. The molecule has 6 heteroatoms. The summed E-state index contributed by atoms with van der Waals surface area (Å²) in [5, 5.41) is 13.6. The molecule has 0 aromatic rings. The molecule has 0 fully saturated rings. The summed E-state index contributed by atoms with van der Waals surface area (Å²) in [6.07, 6.45) is 0. The van der Waals surface area contributed by atoms with Crippen LogP contribution in [0.3, 0.4) is 0 Å². The van der Waals surface area contributed by atoms with Crippen molar-refractivity contribution >= 4 is 0 Å². The van der Waals surface area contributed by atoms with E-state index in [4.69, 9.17) is 15.3 Å². The largest absolute Gasteiger partial charge is 0.344 e. The molecule has 0 amide bonds. The van der Waals surface area contributed by atoms with Crippen molar-refractivity contribution in [3.05, 3.63) is 10.1 Å². The quantitative estimate of drug-likeness (QED) is 0.312. The van der Waals surface area contributed by atoms with Crippen LogP contribution in [0.4, 0.5) is 0 Å². The van der Waals surface area contributed by atoms with Crippen LogP contribution < -0.4 is 6.15 Å². The monoisotopic (exact) mass is 187 g/mol. The minimum atomic E-state index is -1.50. The predicted molar refractivity (Wildman–Crippen MR) is 13.8 cm³/mol. The van der Waals surface area contributed by atoms with Crippen molar-refractivity contribution in [2.24, 2.45) is 0 Å². The molecule has 6 heavy (non-hydrogen) atoms. The molecule has 0 aliphatic heterocycles. The zero-order valence-electron chi connectivity index (χ0n) is 2.72. The van der Waals surface area contributed by atoms with E-state index < -0.39 is 5.09 Å². The summed E-state index contributed by atoms with van der Waals surface area (Å²) in [4.78, 5) is 8.36. The van der Waals surface area contributed by atoms with Gasteiger partial charge in [0, 0.05) is 22.4 Å². The first-order chi connectivity index (χ1) is 1.73. The fourth-order valence-electron chi connectivity index (χ4n) is 0. The Balaban J connectivity index is -0.0000000450. The molecule has 0 aliphatic rings. The average molecular weight is 188 g/mol. The van der Waals surface area contributed by atoms with Crippen LogP contribution in [0.2, 0.25) is 0 Å². The minimum Gasteiger partial charge on any atom is -0.344 e. The fraction of sp³-hybridized carbons (Fsp3) is 0. The second-order valence-electron chi connectivity index (χ2n) is 0.238. The van der Waals surface area contributed by atoms with Gasteiger partial charge in [-0.3, -0.25) is 0 Å². The van der Waals surface area contributed by atoms with Gasteiger partial charge in [-0.15, -0.1) is 10.1 Å². The van der Waals surface area contributed by atoms with Crippen molar-refractivity contribution in [1.29, 1.82) is 0 Å². The number of rotatable bonds is 0. The smallest absolute Gasteiger partial charge is 0.291 e. The summed E-state index contributed by atoms with van der Waals surface area (Å²) >= 11 is 0. The topological polar surface area (TPSA) is 98.4 Å². The molecule has 4 N–H and O–H groups in total. The van der Waals surface area contributed by atoms with E-state index in [2.05, 4.69) is 0 Å². The summed E-state index contributed by atoms with van der Waals surface area (Å²) in [7, 11) is 0. The summed E-state index contributed by atoms with van der Waals surface area (Å²) in [5.41, 5.74) is 0. The summed E-state index contributed by atoms with van der Waals surface area (Å²) in [6, 6.07) is 0. The van der Waals surface area contributed by atoms with Crippen molar-refractivity contribution in [2.45, 2.75) is 0 Å².